The van der Waals surface area contributed by atoms with Gasteiger partial charge in [-0.15, -0.1) is 0 Å². The van der Waals surface area contributed by atoms with E-state index in [0.29, 0.717) is 6.61 Å². The van der Waals surface area contributed by atoms with Crippen LogP contribution < -0.4 is 10.1 Å². The second kappa shape index (κ2) is 5.87. The topological polar surface area (TPSA) is 49.9 Å². The van der Waals surface area contributed by atoms with Gasteiger partial charge < -0.3 is 15.0 Å². The Hall–Kier alpha value is -2.49. The summed E-state index contributed by atoms with van der Waals surface area (Å²) in [4.78, 5) is 7.82. The molecule has 0 aliphatic rings. The van der Waals surface area contributed by atoms with Crippen LogP contribution in [0.25, 0.3) is 11.0 Å². The van der Waals surface area contributed by atoms with Crippen molar-refractivity contribution in [3.8, 4) is 5.75 Å². The molecule has 0 aliphatic carbocycles. The van der Waals surface area contributed by atoms with Crippen molar-refractivity contribution in [2.75, 3.05) is 11.9 Å². The highest BCUT2D eigenvalue weighted by Gasteiger charge is 2.09. The zero-order valence-corrected chi connectivity index (χ0v) is 12.3. The van der Waals surface area contributed by atoms with E-state index in [0.717, 1.165) is 22.7 Å². The Kier molecular flexibility index (Phi) is 3.77. The van der Waals surface area contributed by atoms with Crippen molar-refractivity contribution < 1.29 is 4.74 Å². The largest absolute Gasteiger partial charge is 0.494 e. The van der Waals surface area contributed by atoms with Crippen LogP contribution in [0.5, 0.6) is 5.75 Å². The number of imidazole rings is 1. The van der Waals surface area contributed by atoms with E-state index >= 15 is 0 Å². The van der Waals surface area contributed by atoms with Gasteiger partial charge in [-0.3, -0.25) is 0 Å². The van der Waals surface area contributed by atoms with Gasteiger partial charge in [0.2, 0.25) is 5.95 Å². The first kappa shape index (κ1) is 13.5. The van der Waals surface area contributed by atoms with Crippen molar-refractivity contribution in [2.24, 2.45) is 0 Å². The zero-order valence-electron chi connectivity index (χ0n) is 12.3. The quantitative estimate of drug-likeness (QED) is 0.739. The summed E-state index contributed by atoms with van der Waals surface area (Å²) in [7, 11) is 0. The van der Waals surface area contributed by atoms with Crippen molar-refractivity contribution in [1.82, 2.24) is 9.97 Å². The summed E-state index contributed by atoms with van der Waals surface area (Å²) in [6.07, 6.45) is 0. The lowest BCUT2D eigenvalue weighted by atomic mass is 10.1. The minimum Gasteiger partial charge on any atom is -0.494 e. The molecule has 2 N–H and O–H groups in total. The molecular formula is C17H19N3O. The Morgan fingerprint density at radius 3 is 2.86 bits per heavy atom. The lowest BCUT2D eigenvalue weighted by molar-refractivity contribution is 0.340. The summed E-state index contributed by atoms with van der Waals surface area (Å²) in [6, 6.07) is 16.3. The van der Waals surface area contributed by atoms with Gasteiger partial charge in [-0.05, 0) is 43.7 Å². The second-order valence-electron chi connectivity index (χ2n) is 4.97. The van der Waals surface area contributed by atoms with E-state index < -0.39 is 0 Å². The number of rotatable bonds is 5. The van der Waals surface area contributed by atoms with Crippen LogP contribution in [0.4, 0.5) is 5.95 Å². The predicted molar refractivity (Wildman–Crippen MR) is 85.7 cm³/mol. The van der Waals surface area contributed by atoms with Crippen LogP contribution >= 0.6 is 0 Å². The fourth-order valence-electron chi connectivity index (χ4n) is 2.35. The van der Waals surface area contributed by atoms with Crippen molar-refractivity contribution >= 4 is 17.0 Å². The first-order valence-electron chi connectivity index (χ1n) is 7.20. The van der Waals surface area contributed by atoms with Crippen molar-refractivity contribution in [2.45, 2.75) is 19.9 Å². The number of hydrogen-bond acceptors (Lipinski definition) is 3. The number of nitrogens with one attached hydrogen (secondary N) is 2. The zero-order chi connectivity index (χ0) is 14.7. The molecule has 3 aromatic rings. The SMILES string of the molecule is CCOc1cccc(C(C)Nc2nc3ccccc3[nH]2)c1. The molecule has 2 aromatic carbocycles. The molecule has 0 bridgehead atoms. The maximum Gasteiger partial charge on any atom is 0.201 e. The van der Waals surface area contributed by atoms with E-state index in [-0.39, 0.29) is 6.04 Å². The van der Waals surface area contributed by atoms with E-state index in [9.17, 15) is 0 Å². The molecular weight excluding hydrogens is 262 g/mol. The predicted octanol–water partition coefficient (Wildman–Crippen LogP) is 4.13. The lowest BCUT2D eigenvalue weighted by Crippen LogP contribution is -2.08. The number of ether oxygens (including phenoxy) is 1. The molecule has 0 saturated carbocycles. The molecule has 0 amide bonds. The highest BCUT2D eigenvalue weighted by atomic mass is 16.5. The number of H-pyrrole nitrogens is 1. The molecule has 1 atom stereocenters. The molecule has 0 fully saturated rings. The number of benzene rings is 2. The van der Waals surface area contributed by atoms with Crippen LogP contribution in [0.1, 0.15) is 25.5 Å². The molecule has 1 heterocycles. The highest BCUT2D eigenvalue weighted by molar-refractivity contribution is 5.77. The Morgan fingerprint density at radius 1 is 1.19 bits per heavy atom. The number of anilines is 1. The maximum atomic E-state index is 5.54. The van der Waals surface area contributed by atoms with Gasteiger partial charge in [0.15, 0.2) is 0 Å². The van der Waals surface area contributed by atoms with Crippen molar-refractivity contribution in [3.05, 3.63) is 54.1 Å². The summed E-state index contributed by atoms with van der Waals surface area (Å²) in [6.45, 7) is 4.77. The van der Waals surface area contributed by atoms with Gasteiger partial charge in [0.25, 0.3) is 0 Å². The molecule has 108 valence electrons. The standard InChI is InChI=1S/C17H19N3O/c1-3-21-14-8-6-7-13(11-14)12(2)18-17-19-15-9-4-5-10-16(15)20-17/h4-12H,3H2,1-2H3,(H2,18,19,20). The van der Waals surface area contributed by atoms with Gasteiger partial charge in [-0.25, -0.2) is 4.98 Å². The van der Waals surface area contributed by atoms with Crippen LogP contribution in [0.2, 0.25) is 0 Å². The summed E-state index contributed by atoms with van der Waals surface area (Å²) < 4.78 is 5.54. The van der Waals surface area contributed by atoms with E-state index in [1.807, 2.05) is 43.3 Å². The van der Waals surface area contributed by atoms with Crippen LogP contribution in [0.3, 0.4) is 0 Å². The molecule has 0 saturated heterocycles. The smallest absolute Gasteiger partial charge is 0.201 e. The minimum atomic E-state index is 0.144. The molecule has 4 nitrogen and oxygen atoms in total. The molecule has 21 heavy (non-hydrogen) atoms. The van der Waals surface area contributed by atoms with E-state index in [1.54, 1.807) is 0 Å². The van der Waals surface area contributed by atoms with Gasteiger partial charge in [0.05, 0.1) is 23.7 Å². The lowest BCUT2D eigenvalue weighted by Gasteiger charge is -2.14. The van der Waals surface area contributed by atoms with Crippen LogP contribution in [-0.2, 0) is 0 Å². The van der Waals surface area contributed by atoms with Gasteiger partial charge in [-0.2, -0.15) is 0 Å². The van der Waals surface area contributed by atoms with Gasteiger partial charge >= 0.3 is 0 Å². The second-order valence-corrected chi connectivity index (χ2v) is 4.97. The van der Waals surface area contributed by atoms with Crippen LogP contribution in [-0.4, -0.2) is 16.6 Å². The Bertz CT molecular complexity index is 702. The average Bonchev–Trinajstić information content (AvgIpc) is 2.90. The molecule has 4 heteroatoms. The Labute approximate surface area is 124 Å². The van der Waals surface area contributed by atoms with Crippen molar-refractivity contribution in [3.63, 3.8) is 0 Å². The number of para-hydroxylation sites is 2. The van der Waals surface area contributed by atoms with Crippen LogP contribution in [0, 0.1) is 0 Å². The fourth-order valence-corrected chi connectivity index (χ4v) is 2.35. The maximum absolute atomic E-state index is 5.54. The number of fused-ring (bicyclic) bond motifs is 1. The summed E-state index contributed by atoms with van der Waals surface area (Å²) in [5.41, 5.74) is 3.17. The van der Waals surface area contributed by atoms with Gasteiger partial charge in [-0.1, -0.05) is 24.3 Å². The first-order valence-corrected chi connectivity index (χ1v) is 7.20. The first-order chi connectivity index (χ1) is 10.3. The molecule has 3 rings (SSSR count). The third-order valence-corrected chi connectivity index (χ3v) is 3.41. The van der Waals surface area contributed by atoms with E-state index in [2.05, 4.69) is 34.3 Å². The molecule has 1 aromatic heterocycles. The van der Waals surface area contributed by atoms with E-state index in [4.69, 9.17) is 4.74 Å². The summed E-state index contributed by atoms with van der Waals surface area (Å²) >= 11 is 0. The summed E-state index contributed by atoms with van der Waals surface area (Å²) in [5, 5.41) is 3.39. The Balaban J connectivity index is 1.78. The van der Waals surface area contributed by atoms with Crippen LogP contribution in [0.15, 0.2) is 48.5 Å². The van der Waals surface area contributed by atoms with Crippen molar-refractivity contribution in [1.29, 1.82) is 0 Å². The molecule has 0 radical (unpaired) electrons. The highest BCUT2D eigenvalue weighted by Crippen LogP contribution is 2.23. The molecule has 0 aliphatic heterocycles. The van der Waals surface area contributed by atoms with Gasteiger partial charge in [0.1, 0.15) is 5.75 Å². The summed E-state index contributed by atoms with van der Waals surface area (Å²) in [5.74, 6) is 1.68. The monoisotopic (exact) mass is 281 g/mol. The van der Waals surface area contributed by atoms with E-state index in [1.165, 1.54) is 5.56 Å². The third kappa shape index (κ3) is 2.99. The minimum absolute atomic E-state index is 0.144. The number of nitrogens with zero attached hydrogens (tertiary/aromatic N) is 1. The Morgan fingerprint density at radius 2 is 2.05 bits per heavy atom. The normalized spacial score (nSPS) is 12.3. The fraction of sp³-hybridized carbons (Fsp3) is 0.235. The average molecular weight is 281 g/mol. The molecule has 0 spiro atoms. The number of aromatic amines is 1. The van der Waals surface area contributed by atoms with Gasteiger partial charge in [0, 0.05) is 0 Å². The number of hydrogen-bond donors (Lipinski definition) is 2. The third-order valence-electron chi connectivity index (χ3n) is 3.41. The molecule has 1 unspecified atom stereocenters. The number of aromatic nitrogens is 2.